The molecule has 2 rings (SSSR count). The standard InChI is InChI=1S/C17H18N2O5/c1-12(11-24-16-9-7-15(23-2)8-10-16)18-17(20)13-3-5-14(6-4-13)19(21)22/h3-10,12H,11H2,1-2H3,(H,18,20). The number of nitro benzene ring substituents is 1. The lowest BCUT2D eigenvalue weighted by molar-refractivity contribution is -0.384. The Labute approximate surface area is 139 Å². The lowest BCUT2D eigenvalue weighted by atomic mass is 10.2. The van der Waals surface area contributed by atoms with Crippen LogP contribution in [0.5, 0.6) is 11.5 Å². The van der Waals surface area contributed by atoms with Gasteiger partial charge in [0.05, 0.1) is 18.1 Å². The first-order chi connectivity index (χ1) is 11.5. The molecule has 1 atom stereocenters. The number of non-ortho nitro benzene ring substituents is 1. The minimum Gasteiger partial charge on any atom is -0.497 e. The van der Waals surface area contributed by atoms with E-state index in [9.17, 15) is 14.9 Å². The van der Waals surface area contributed by atoms with Gasteiger partial charge in [-0.1, -0.05) is 0 Å². The van der Waals surface area contributed by atoms with Crippen molar-refractivity contribution in [2.75, 3.05) is 13.7 Å². The molecular formula is C17H18N2O5. The summed E-state index contributed by atoms with van der Waals surface area (Å²) < 4.78 is 10.7. The second kappa shape index (κ2) is 7.96. The van der Waals surface area contributed by atoms with Crippen LogP contribution in [0, 0.1) is 10.1 Å². The molecule has 2 aromatic carbocycles. The van der Waals surface area contributed by atoms with Crippen molar-refractivity contribution in [1.82, 2.24) is 5.32 Å². The minimum atomic E-state index is -0.507. The number of nitro groups is 1. The highest BCUT2D eigenvalue weighted by Gasteiger charge is 2.12. The molecule has 1 unspecified atom stereocenters. The van der Waals surface area contributed by atoms with Crippen LogP contribution in [0.4, 0.5) is 5.69 Å². The second-order valence-corrected chi connectivity index (χ2v) is 5.17. The van der Waals surface area contributed by atoms with Crippen molar-refractivity contribution in [3.05, 3.63) is 64.2 Å². The molecule has 0 saturated carbocycles. The van der Waals surface area contributed by atoms with Crippen molar-refractivity contribution in [3.8, 4) is 11.5 Å². The van der Waals surface area contributed by atoms with Gasteiger partial charge < -0.3 is 14.8 Å². The molecule has 126 valence electrons. The summed E-state index contributed by atoms with van der Waals surface area (Å²) in [4.78, 5) is 22.2. The highest BCUT2D eigenvalue weighted by Crippen LogP contribution is 2.17. The Balaban J connectivity index is 1.85. The van der Waals surface area contributed by atoms with Gasteiger partial charge in [-0.25, -0.2) is 0 Å². The maximum Gasteiger partial charge on any atom is 0.269 e. The summed E-state index contributed by atoms with van der Waals surface area (Å²) in [5.41, 5.74) is 0.305. The van der Waals surface area contributed by atoms with E-state index in [-0.39, 0.29) is 17.6 Å². The van der Waals surface area contributed by atoms with Crippen molar-refractivity contribution in [3.63, 3.8) is 0 Å². The summed E-state index contributed by atoms with van der Waals surface area (Å²) >= 11 is 0. The molecule has 24 heavy (non-hydrogen) atoms. The fraction of sp³-hybridized carbons (Fsp3) is 0.235. The maximum absolute atomic E-state index is 12.1. The normalized spacial score (nSPS) is 11.4. The number of carbonyl (C=O) groups is 1. The molecule has 1 amide bonds. The molecule has 0 radical (unpaired) electrons. The van der Waals surface area contributed by atoms with Crippen molar-refractivity contribution < 1.29 is 19.2 Å². The molecule has 0 aliphatic carbocycles. The van der Waals surface area contributed by atoms with E-state index in [1.165, 1.54) is 24.3 Å². The number of methoxy groups -OCH3 is 1. The van der Waals surface area contributed by atoms with Crippen LogP contribution in [0.1, 0.15) is 17.3 Å². The third-order valence-electron chi connectivity index (χ3n) is 3.28. The zero-order valence-electron chi connectivity index (χ0n) is 13.4. The van der Waals surface area contributed by atoms with Gasteiger partial charge in [0.2, 0.25) is 0 Å². The van der Waals surface area contributed by atoms with Crippen molar-refractivity contribution in [2.45, 2.75) is 13.0 Å². The number of rotatable bonds is 7. The fourth-order valence-corrected chi connectivity index (χ4v) is 1.98. The summed E-state index contributed by atoms with van der Waals surface area (Å²) in [6.45, 7) is 2.11. The third kappa shape index (κ3) is 4.70. The Bertz CT molecular complexity index is 698. The molecule has 0 fully saturated rings. The first kappa shape index (κ1) is 17.3. The topological polar surface area (TPSA) is 90.7 Å². The van der Waals surface area contributed by atoms with E-state index in [4.69, 9.17) is 9.47 Å². The molecule has 7 heteroatoms. The van der Waals surface area contributed by atoms with Crippen LogP contribution >= 0.6 is 0 Å². The largest absolute Gasteiger partial charge is 0.497 e. The van der Waals surface area contributed by atoms with Gasteiger partial charge in [-0.2, -0.15) is 0 Å². The van der Waals surface area contributed by atoms with E-state index in [0.717, 1.165) is 5.75 Å². The molecule has 0 aromatic heterocycles. The van der Waals surface area contributed by atoms with Gasteiger partial charge in [0, 0.05) is 17.7 Å². The van der Waals surface area contributed by atoms with Crippen LogP contribution in [0.2, 0.25) is 0 Å². The molecule has 0 spiro atoms. The summed E-state index contributed by atoms with van der Waals surface area (Å²) in [5, 5.41) is 13.4. The number of hydrogen-bond donors (Lipinski definition) is 1. The van der Waals surface area contributed by atoms with Gasteiger partial charge in [0.1, 0.15) is 18.1 Å². The molecule has 0 saturated heterocycles. The molecule has 0 aliphatic rings. The molecule has 0 bridgehead atoms. The zero-order valence-corrected chi connectivity index (χ0v) is 13.4. The van der Waals surface area contributed by atoms with Crippen molar-refractivity contribution in [2.24, 2.45) is 0 Å². The number of nitrogens with one attached hydrogen (secondary N) is 1. The van der Waals surface area contributed by atoms with E-state index in [1.54, 1.807) is 31.4 Å². The molecular weight excluding hydrogens is 312 g/mol. The Hall–Kier alpha value is -3.09. The van der Waals surface area contributed by atoms with Gasteiger partial charge in [-0.05, 0) is 43.3 Å². The quantitative estimate of drug-likeness (QED) is 0.622. The molecule has 2 aromatic rings. The van der Waals surface area contributed by atoms with Crippen LogP contribution in [0.25, 0.3) is 0 Å². The smallest absolute Gasteiger partial charge is 0.269 e. The van der Waals surface area contributed by atoms with Gasteiger partial charge in [-0.15, -0.1) is 0 Å². The number of ether oxygens (including phenoxy) is 2. The van der Waals surface area contributed by atoms with E-state index in [1.807, 2.05) is 6.92 Å². The number of amides is 1. The first-order valence-electron chi connectivity index (χ1n) is 7.32. The summed E-state index contributed by atoms with van der Waals surface area (Å²) in [6, 6.07) is 12.4. The van der Waals surface area contributed by atoms with Crippen LogP contribution in [-0.2, 0) is 0 Å². The van der Waals surface area contributed by atoms with Gasteiger partial charge in [0.25, 0.3) is 11.6 Å². The lowest BCUT2D eigenvalue weighted by Gasteiger charge is -2.15. The summed E-state index contributed by atoms with van der Waals surface area (Å²) in [6.07, 6.45) is 0. The average Bonchev–Trinajstić information content (AvgIpc) is 2.60. The highest BCUT2D eigenvalue weighted by atomic mass is 16.6. The van der Waals surface area contributed by atoms with E-state index in [0.29, 0.717) is 17.9 Å². The van der Waals surface area contributed by atoms with Gasteiger partial charge in [0.15, 0.2) is 0 Å². The zero-order chi connectivity index (χ0) is 17.5. The summed E-state index contributed by atoms with van der Waals surface area (Å²) in [7, 11) is 1.59. The van der Waals surface area contributed by atoms with Crippen molar-refractivity contribution in [1.29, 1.82) is 0 Å². The van der Waals surface area contributed by atoms with Crippen LogP contribution in [0.3, 0.4) is 0 Å². The monoisotopic (exact) mass is 330 g/mol. The number of hydrogen-bond acceptors (Lipinski definition) is 5. The SMILES string of the molecule is COc1ccc(OCC(C)NC(=O)c2ccc([N+](=O)[O-])cc2)cc1. The van der Waals surface area contributed by atoms with Crippen LogP contribution < -0.4 is 14.8 Å². The highest BCUT2D eigenvalue weighted by molar-refractivity contribution is 5.94. The van der Waals surface area contributed by atoms with E-state index >= 15 is 0 Å². The average molecular weight is 330 g/mol. The molecule has 0 heterocycles. The maximum atomic E-state index is 12.1. The molecule has 0 aliphatic heterocycles. The first-order valence-corrected chi connectivity index (χ1v) is 7.32. The van der Waals surface area contributed by atoms with Crippen LogP contribution in [-0.4, -0.2) is 30.6 Å². The molecule has 1 N–H and O–H groups in total. The van der Waals surface area contributed by atoms with E-state index < -0.39 is 4.92 Å². The Morgan fingerprint density at radius 3 is 2.25 bits per heavy atom. The van der Waals surface area contributed by atoms with E-state index in [2.05, 4.69) is 5.32 Å². The number of nitrogens with zero attached hydrogens (tertiary/aromatic N) is 1. The lowest BCUT2D eigenvalue weighted by Crippen LogP contribution is -2.36. The van der Waals surface area contributed by atoms with Crippen molar-refractivity contribution >= 4 is 11.6 Å². The predicted molar refractivity (Wildman–Crippen MR) is 88.5 cm³/mol. The fourth-order valence-electron chi connectivity index (χ4n) is 1.98. The third-order valence-corrected chi connectivity index (χ3v) is 3.28. The number of carbonyl (C=O) groups excluding carboxylic acids is 1. The Morgan fingerprint density at radius 2 is 1.71 bits per heavy atom. The van der Waals surface area contributed by atoms with Gasteiger partial charge >= 0.3 is 0 Å². The Kier molecular flexibility index (Phi) is 5.73. The molecule has 7 nitrogen and oxygen atoms in total. The summed E-state index contributed by atoms with van der Waals surface area (Å²) in [5.74, 6) is 1.10. The van der Waals surface area contributed by atoms with Crippen LogP contribution in [0.15, 0.2) is 48.5 Å². The second-order valence-electron chi connectivity index (χ2n) is 5.17. The van der Waals surface area contributed by atoms with Gasteiger partial charge in [-0.3, -0.25) is 14.9 Å². The minimum absolute atomic E-state index is 0.0533. The Morgan fingerprint density at radius 1 is 1.12 bits per heavy atom. The predicted octanol–water partition coefficient (Wildman–Crippen LogP) is 2.80. The number of benzene rings is 2.